The predicted molar refractivity (Wildman–Crippen MR) is 40.4 cm³/mol. The zero-order valence-electron chi connectivity index (χ0n) is 6.79. The summed E-state index contributed by atoms with van der Waals surface area (Å²) in [4.78, 5) is 9.93. The smallest absolute Gasteiger partial charge is 0.148 e. The van der Waals surface area contributed by atoms with E-state index in [1.807, 2.05) is 0 Å². The lowest BCUT2D eigenvalue weighted by molar-refractivity contribution is -0.119. The molecule has 4 unspecified atom stereocenters. The molecule has 5 heteroatoms. The standard InChI is InChI=1S/C7H14O5/c1-4(9)7(12)6(11)2-5(10)3-8/h3-7,9-12H,2H2,1H3. The zero-order chi connectivity index (χ0) is 9.72. The van der Waals surface area contributed by atoms with Crippen molar-refractivity contribution in [3.63, 3.8) is 0 Å². The molecule has 4 N–H and O–H groups in total. The van der Waals surface area contributed by atoms with Crippen molar-refractivity contribution in [2.75, 3.05) is 0 Å². The van der Waals surface area contributed by atoms with Crippen LogP contribution in [0.1, 0.15) is 13.3 Å². The van der Waals surface area contributed by atoms with Gasteiger partial charge in [0.15, 0.2) is 0 Å². The molecule has 0 saturated carbocycles. The minimum atomic E-state index is -1.33. The summed E-state index contributed by atoms with van der Waals surface area (Å²) in [7, 11) is 0. The summed E-state index contributed by atoms with van der Waals surface area (Å²) in [6.07, 6.45) is -5.01. The molecule has 0 aromatic carbocycles. The van der Waals surface area contributed by atoms with Gasteiger partial charge in [0.1, 0.15) is 18.5 Å². The molecule has 0 aliphatic heterocycles. The largest absolute Gasteiger partial charge is 0.391 e. The maximum Gasteiger partial charge on any atom is 0.148 e. The van der Waals surface area contributed by atoms with Gasteiger partial charge < -0.3 is 25.2 Å². The van der Waals surface area contributed by atoms with Crippen molar-refractivity contribution in [2.45, 2.75) is 37.8 Å². The van der Waals surface area contributed by atoms with Crippen LogP contribution in [0.5, 0.6) is 0 Å². The van der Waals surface area contributed by atoms with Crippen molar-refractivity contribution in [3.05, 3.63) is 0 Å². The number of hydrogen-bond donors (Lipinski definition) is 4. The van der Waals surface area contributed by atoms with E-state index in [0.29, 0.717) is 0 Å². The molecule has 0 aromatic rings. The third-order valence-corrected chi connectivity index (χ3v) is 1.53. The third-order valence-electron chi connectivity index (χ3n) is 1.53. The molecule has 0 amide bonds. The third kappa shape index (κ3) is 3.77. The summed E-state index contributed by atoms with van der Waals surface area (Å²) >= 11 is 0. The first-order valence-corrected chi connectivity index (χ1v) is 3.66. The van der Waals surface area contributed by atoms with Crippen LogP contribution in [0.2, 0.25) is 0 Å². The Morgan fingerprint density at radius 2 is 1.75 bits per heavy atom. The van der Waals surface area contributed by atoms with E-state index in [2.05, 4.69) is 0 Å². The van der Waals surface area contributed by atoms with Gasteiger partial charge >= 0.3 is 0 Å². The second-order valence-electron chi connectivity index (χ2n) is 2.74. The molecule has 0 aliphatic carbocycles. The minimum Gasteiger partial charge on any atom is -0.391 e. The summed E-state index contributed by atoms with van der Waals surface area (Å²) in [6, 6.07) is 0. The van der Waals surface area contributed by atoms with Gasteiger partial charge in [-0.2, -0.15) is 0 Å². The first-order chi connectivity index (χ1) is 5.49. The van der Waals surface area contributed by atoms with Gasteiger partial charge in [0.05, 0.1) is 12.2 Å². The molecule has 0 radical (unpaired) electrons. The second-order valence-corrected chi connectivity index (χ2v) is 2.74. The molecule has 0 saturated heterocycles. The normalized spacial score (nSPS) is 21.1. The molecule has 72 valence electrons. The quantitative estimate of drug-likeness (QED) is 0.366. The Morgan fingerprint density at radius 1 is 1.25 bits per heavy atom. The van der Waals surface area contributed by atoms with Gasteiger partial charge in [0, 0.05) is 6.42 Å². The van der Waals surface area contributed by atoms with Crippen molar-refractivity contribution in [2.24, 2.45) is 0 Å². The number of rotatable bonds is 5. The highest BCUT2D eigenvalue weighted by Gasteiger charge is 2.23. The van der Waals surface area contributed by atoms with Crippen LogP contribution < -0.4 is 0 Å². The molecule has 0 spiro atoms. The molecule has 0 aliphatic rings. The molecule has 0 fully saturated rings. The lowest BCUT2D eigenvalue weighted by Crippen LogP contribution is -2.37. The van der Waals surface area contributed by atoms with Gasteiger partial charge in [-0.1, -0.05) is 0 Å². The average Bonchev–Trinajstić information content (AvgIpc) is 2.02. The van der Waals surface area contributed by atoms with Crippen LogP contribution in [-0.2, 0) is 4.79 Å². The molecule has 5 nitrogen and oxygen atoms in total. The van der Waals surface area contributed by atoms with E-state index in [0.717, 1.165) is 0 Å². The maximum atomic E-state index is 9.93. The van der Waals surface area contributed by atoms with E-state index in [-0.39, 0.29) is 12.7 Å². The van der Waals surface area contributed by atoms with E-state index in [1.54, 1.807) is 0 Å². The summed E-state index contributed by atoms with van der Waals surface area (Å²) < 4.78 is 0. The lowest BCUT2D eigenvalue weighted by Gasteiger charge is -2.20. The number of hydrogen-bond acceptors (Lipinski definition) is 5. The lowest BCUT2D eigenvalue weighted by atomic mass is 10.0. The van der Waals surface area contributed by atoms with Crippen molar-refractivity contribution in [3.8, 4) is 0 Å². The van der Waals surface area contributed by atoms with Gasteiger partial charge in [-0.15, -0.1) is 0 Å². The average molecular weight is 178 g/mol. The van der Waals surface area contributed by atoms with E-state index in [9.17, 15) is 4.79 Å². The number of carbonyl (C=O) groups excluding carboxylic acids is 1. The van der Waals surface area contributed by atoms with Crippen LogP contribution in [-0.4, -0.2) is 51.1 Å². The summed E-state index contributed by atoms with van der Waals surface area (Å²) in [5.41, 5.74) is 0. The highest BCUT2D eigenvalue weighted by molar-refractivity contribution is 5.55. The van der Waals surface area contributed by atoms with Crippen molar-refractivity contribution >= 4 is 6.29 Å². The molecule has 0 bridgehead atoms. The number of aliphatic hydroxyl groups excluding tert-OH is 4. The maximum absolute atomic E-state index is 9.93. The van der Waals surface area contributed by atoms with E-state index >= 15 is 0 Å². The number of aliphatic hydroxyl groups is 4. The van der Waals surface area contributed by atoms with Crippen LogP contribution in [0.25, 0.3) is 0 Å². The minimum absolute atomic E-state index is 0.262. The Morgan fingerprint density at radius 3 is 2.08 bits per heavy atom. The van der Waals surface area contributed by atoms with Crippen LogP contribution in [0.3, 0.4) is 0 Å². The molecule has 0 aromatic heterocycles. The molecule has 0 heterocycles. The van der Waals surface area contributed by atoms with Gasteiger partial charge in [0.2, 0.25) is 0 Å². The summed E-state index contributed by atoms with van der Waals surface area (Å²) in [5.74, 6) is 0. The first kappa shape index (κ1) is 11.5. The first-order valence-electron chi connectivity index (χ1n) is 3.66. The topological polar surface area (TPSA) is 98.0 Å². The zero-order valence-corrected chi connectivity index (χ0v) is 6.79. The van der Waals surface area contributed by atoms with Gasteiger partial charge in [-0.05, 0) is 6.92 Å². The predicted octanol–water partition coefficient (Wildman–Crippen LogP) is -1.96. The number of aldehydes is 1. The van der Waals surface area contributed by atoms with Crippen molar-refractivity contribution in [1.82, 2.24) is 0 Å². The fourth-order valence-electron chi connectivity index (χ4n) is 0.764. The monoisotopic (exact) mass is 178 g/mol. The Balaban J connectivity index is 3.85. The highest BCUT2D eigenvalue weighted by atomic mass is 16.4. The van der Waals surface area contributed by atoms with Crippen molar-refractivity contribution < 1.29 is 25.2 Å². The van der Waals surface area contributed by atoms with E-state index < -0.39 is 24.4 Å². The summed E-state index contributed by atoms with van der Waals surface area (Å²) in [5, 5.41) is 35.6. The molecule has 12 heavy (non-hydrogen) atoms. The van der Waals surface area contributed by atoms with Crippen LogP contribution in [0, 0.1) is 0 Å². The Kier molecular flexibility index (Phi) is 5.00. The molecular weight excluding hydrogens is 164 g/mol. The number of carbonyl (C=O) groups is 1. The van der Waals surface area contributed by atoms with E-state index in [1.165, 1.54) is 6.92 Å². The fourth-order valence-corrected chi connectivity index (χ4v) is 0.764. The highest BCUT2D eigenvalue weighted by Crippen LogP contribution is 2.05. The summed E-state index contributed by atoms with van der Waals surface area (Å²) in [6.45, 7) is 1.31. The van der Waals surface area contributed by atoms with Crippen LogP contribution in [0.4, 0.5) is 0 Å². The van der Waals surface area contributed by atoms with Gasteiger partial charge in [-0.3, -0.25) is 0 Å². The Labute approximate surface area is 70.3 Å². The Bertz CT molecular complexity index is 136. The second kappa shape index (κ2) is 5.21. The molecular formula is C7H14O5. The van der Waals surface area contributed by atoms with Gasteiger partial charge in [0.25, 0.3) is 0 Å². The fraction of sp³-hybridized carbons (Fsp3) is 0.857. The molecule has 4 atom stereocenters. The van der Waals surface area contributed by atoms with Crippen LogP contribution >= 0.6 is 0 Å². The van der Waals surface area contributed by atoms with Gasteiger partial charge in [-0.25, -0.2) is 0 Å². The molecule has 0 rings (SSSR count). The van der Waals surface area contributed by atoms with E-state index in [4.69, 9.17) is 20.4 Å². The van der Waals surface area contributed by atoms with Crippen molar-refractivity contribution in [1.29, 1.82) is 0 Å². The van der Waals surface area contributed by atoms with Crippen LogP contribution in [0.15, 0.2) is 0 Å². The Hall–Kier alpha value is -0.490. The SMILES string of the molecule is CC(O)C(O)C(O)CC(O)C=O.